The average molecular weight is 591 g/mol. The smallest absolute Gasteiger partial charge is 0.306 e. The monoisotopic (exact) mass is 590 g/mol. The Kier molecular flexibility index (Phi) is 22.2. The van der Waals surface area contributed by atoms with Crippen LogP contribution < -0.4 is 0 Å². The molecule has 10 nitrogen and oxygen atoms in total. The molecule has 6 atom stereocenters. The topological polar surface area (TPSA) is 152 Å². The van der Waals surface area contributed by atoms with Crippen molar-refractivity contribution in [2.45, 2.75) is 166 Å². The van der Waals surface area contributed by atoms with Crippen LogP contribution in [-0.2, 0) is 28.5 Å². The van der Waals surface area contributed by atoms with Gasteiger partial charge in [0.2, 0.25) is 0 Å². The Hall–Kier alpha value is -1.30. The number of rotatable bonds is 25. The lowest BCUT2D eigenvalue weighted by Gasteiger charge is -2.39. The van der Waals surface area contributed by atoms with E-state index in [4.69, 9.17) is 18.9 Å². The van der Waals surface area contributed by atoms with E-state index in [2.05, 4.69) is 13.8 Å². The fourth-order valence-electron chi connectivity index (χ4n) is 4.83. The molecule has 0 aromatic carbocycles. The Morgan fingerprint density at radius 3 is 1.66 bits per heavy atom. The van der Waals surface area contributed by atoms with E-state index in [0.29, 0.717) is 6.42 Å². The average Bonchev–Trinajstić information content (AvgIpc) is 2.96. The van der Waals surface area contributed by atoms with Crippen LogP contribution in [0.15, 0.2) is 0 Å². The standard InChI is InChI=1S/C31H58O10/c1-3-5-7-9-11-12-14-16-18-20-27(34)40-24(22-38-26(33)19-17-15-13-10-8-6-4-2)23-39-31-30(37)29(36)28(35)25(21-32)41-31/h24-25,28-32,35-37H,3-23H2,1-2H3. The Labute approximate surface area is 247 Å². The Balaban J connectivity index is 2.49. The number of carbonyl (C=O) groups excluding carboxylic acids is 2. The SMILES string of the molecule is CCCCCCCCCCCC(=O)OC(COC(=O)CCCCCCCCC)COC1OC(CO)C(O)C(O)C1O. The molecule has 6 unspecified atom stereocenters. The Morgan fingerprint density at radius 2 is 1.15 bits per heavy atom. The molecule has 0 radical (unpaired) electrons. The van der Waals surface area contributed by atoms with Gasteiger partial charge in [0.1, 0.15) is 31.0 Å². The molecule has 0 spiro atoms. The van der Waals surface area contributed by atoms with Crippen LogP contribution in [-0.4, -0.2) is 89.0 Å². The Morgan fingerprint density at radius 1 is 0.659 bits per heavy atom. The first-order valence-corrected chi connectivity index (χ1v) is 16.1. The molecular weight excluding hydrogens is 532 g/mol. The van der Waals surface area contributed by atoms with Gasteiger partial charge < -0.3 is 39.4 Å². The molecule has 0 bridgehead atoms. The minimum absolute atomic E-state index is 0.212. The van der Waals surface area contributed by atoms with Crippen LogP contribution in [0.2, 0.25) is 0 Å². The first kappa shape index (κ1) is 37.7. The molecule has 0 amide bonds. The zero-order valence-electron chi connectivity index (χ0n) is 25.6. The van der Waals surface area contributed by atoms with Crippen molar-refractivity contribution in [2.24, 2.45) is 0 Å². The quantitative estimate of drug-likeness (QED) is 0.0893. The molecule has 1 aliphatic rings. The van der Waals surface area contributed by atoms with Crippen LogP contribution in [0.1, 0.15) is 129 Å². The second-order valence-corrected chi connectivity index (χ2v) is 11.3. The summed E-state index contributed by atoms with van der Waals surface area (Å²) in [6.07, 6.45) is 10.1. The van der Waals surface area contributed by atoms with Crippen molar-refractivity contribution in [3.8, 4) is 0 Å². The second kappa shape index (κ2) is 24.2. The summed E-state index contributed by atoms with van der Waals surface area (Å²) in [6, 6.07) is 0. The summed E-state index contributed by atoms with van der Waals surface area (Å²) >= 11 is 0. The lowest BCUT2D eigenvalue weighted by molar-refractivity contribution is -0.305. The summed E-state index contributed by atoms with van der Waals surface area (Å²) in [4.78, 5) is 24.8. The summed E-state index contributed by atoms with van der Waals surface area (Å²) in [6.45, 7) is 3.31. The van der Waals surface area contributed by atoms with E-state index >= 15 is 0 Å². The van der Waals surface area contributed by atoms with Crippen molar-refractivity contribution in [1.82, 2.24) is 0 Å². The molecule has 41 heavy (non-hydrogen) atoms. The van der Waals surface area contributed by atoms with Crippen LogP contribution in [0, 0.1) is 0 Å². The number of hydrogen-bond donors (Lipinski definition) is 4. The van der Waals surface area contributed by atoms with Crippen molar-refractivity contribution >= 4 is 11.9 Å². The fourth-order valence-corrected chi connectivity index (χ4v) is 4.83. The summed E-state index contributed by atoms with van der Waals surface area (Å²) in [5.41, 5.74) is 0. The van der Waals surface area contributed by atoms with Gasteiger partial charge in [-0.3, -0.25) is 9.59 Å². The van der Waals surface area contributed by atoms with E-state index in [1.54, 1.807) is 0 Å². The third kappa shape index (κ3) is 17.4. The van der Waals surface area contributed by atoms with E-state index in [-0.39, 0.29) is 32.0 Å². The van der Waals surface area contributed by atoms with E-state index in [1.165, 1.54) is 51.4 Å². The van der Waals surface area contributed by atoms with Gasteiger partial charge in [0.25, 0.3) is 0 Å². The zero-order chi connectivity index (χ0) is 30.3. The van der Waals surface area contributed by atoms with E-state index in [9.17, 15) is 30.0 Å². The molecule has 1 aliphatic heterocycles. The highest BCUT2D eigenvalue weighted by Gasteiger charge is 2.44. The first-order chi connectivity index (χ1) is 19.8. The highest BCUT2D eigenvalue weighted by molar-refractivity contribution is 5.70. The fraction of sp³-hybridized carbons (Fsp3) is 0.935. The summed E-state index contributed by atoms with van der Waals surface area (Å²) in [7, 11) is 0. The van der Waals surface area contributed by atoms with Crippen molar-refractivity contribution in [3.63, 3.8) is 0 Å². The minimum atomic E-state index is -1.58. The van der Waals surface area contributed by atoms with Gasteiger partial charge in [0, 0.05) is 12.8 Å². The molecule has 10 heteroatoms. The van der Waals surface area contributed by atoms with Crippen molar-refractivity contribution in [3.05, 3.63) is 0 Å². The van der Waals surface area contributed by atoms with Gasteiger partial charge in [-0.2, -0.15) is 0 Å². The number of ether oxygens (including phenoxy) is 4. The summed E-state index contributed by atoms with van der Waals surface area (Å²) in [5, 5.41) is 39.6. The van der Waals surface area contributed by atoms with Gasteiger partial charge in [0.15, 0.2) is 12.4 Å². The molecule has 0 aromatic rings. The lowest BCUT2D eigenvalue weighted by atomic mass is 9.99. The molecule has 1 rings (SSSR count). The molecule has 4 N–H and O–H groups in total. The van der Waals surface area contributed by atoms with Crippen molar-refractivity contribution in [1.29, 1.82) is 0 Å². The summed E-state index contributed by atoms with van der Waals surface area (Å²) in [5.74, 6) is -0.815. The summed E-state index contributed by atoms with van der Waals surface area (Å²) < 4.78 is 21.8. The van der Waals surface area contributed by atoms with Gasteiger partial charge >= 0.3 is 11.9 Å². The number of aliphatic hydroxyl groups excluding tert-OH is 4. The normalized spacial score (nSPS) is 23.3. The van der Waals surface area contributed by atoms with Gasteiger partial charge in [-0.25, -0.2) is 0 Å². The molecule has 0 aromatic heterocycles. The van der Waals surface area contributed by atoms with Crippen LogP contribution in [0.5, 0.6) is 0 Å². The molecule has 1 fully saturated rings. The third-order valence-corrected chi connectivity index (χ3v) is 7.49. The van der Waals surface area contributed by atoms with E-state index in [1.807, 2.05) is 0 Å². The van der Waals surface area contributed by atoms with Gasteiger partial charge in [0.05, 0.1) is 13.2 Å². The number of hydrogen-bond acceptors (Lipinski definition) is 10. The van der Waals surface area contributed by atoms with Gasteiger partial charge in [-0.15, -0.1) is 0 Å². The van der Waals surface area contributed by atoms with Crippen LogP contribution in [0.25, 0.3) is 0 Å². The number of aliphatic hydroxyl groups is 4. The maximum absolute atomic E-state index is 12.5. The number of carbonyl (C=O) groups is 2. The van der Waals surface area contributed by atoms with Crippen LogP contribution >= 0.6 is 0 Å². The largest absolute Gasteiger partial charge is 0.462 e. The minimum Gasteiger partial charge on any atom is -0.462 e. The van der Waals surface area contributed by atoms with Gasteiger partial charge in [-0.1, -0.05) is 104 Å². The molecule has 0 saturated carbocycles. The molecule has 1 saturated heterocycles. The molecular formula is C31H58O10. The van der Waals surface area contributed by atoms with Crippen molar-refractivity contribution in [2.75, 3.05) is 19.8 Å². The number of unbranched alkanes of at least 4 members (excludes halogenated alkanes) is 14. The maximum atomic E-state index is 12.5. The van der Waals surface area contributed by atoms with Gasteiger partial charge in [-0.05, 0) is 12.8 Å². The number of esters is 2. The zero-order valence-corrected chi connectivity index (χ0v) is 25.6. The van der Waals surface area contributed by atoms with Crippen LogP contribution in [0.4, 0.5) is 0 Å². The predicted octanol–water partition coefficient (Wildman–Crippen LogP) is 4.32. The third-order valence-electron chi connectivity index (χ3n) is 7.49. The maximum Gasteiger partial charge on any atom is 0.306 e. The second-order valence-electron chi connectivity index (χ2n) is 11.3. The molecule has 242 valence electrons. The van der Waals surface area contributed by atoms with Crippen molar-refractivity contribution < 1.29 is 49.0 Å². The molecule has 0 aliphatic carbocycles. The lowest BCUT2D eigenvalue weighted by Crippen LogP contribution is -2.59. The predicted molar refractivity (Wildman–Crippen MR) is 155 cm³/mol. The highest BCUT2D eigenvalue weighted by atomic mass is 16.7. The van der Waals surface area contributed by atoms with E-state index in [0.717, 1.165) is 44.9 Å². The first-order valence-electron chi connectivity index (χ1n) is 16.1. The molecule has 1 heterocycles. The van der Waals surface area contributed by atoms with Crippen LogP contribution in [0.3, 0.4) is 0 Å². The Bertz CT molecular complexity index is 659. The highest BCUT2D eigenvalue weighted by Crippen LogP contribution is 2.22. The van der Waals surface area contributed by atoms with E-state index < -0.39 is 49.4 Å².